The monoisotopic (exact) mass is 1130 g/mol. The molecular weight excluding hydrogens is 1060 g/mol. The van der Waals surface area contributed by atoms with Crippen molar-refractivity contribution in [1.82, 2.24) is 25.3 Å². The van der Waals surface area contributed by atoms with Gasteiger partial charge in [-0.2, -0.15) is 8.78 Å². The Morgan fingerprint density at radius 1 is 0.620 bits per heavy atom. The van der Waals surface area contributed by atoms with Gasteiger partial charge in [0.2, 0.25) is 23.3 Å². The lowest BCUT2D eigenvalue weighted by Crippen LogP contribution is -2.34. The first-order valence-electron chi connectivity index (χ1n) is 25.6. The lowest BCUT2D eigenvalue weighted by molar-refractivity contribution is -0.180. The van der Waals surface area contributed by atoms with Crippen LogP contribution in [0, 0.1) is 23.3 Å². The summed E-state index contributed by atoms with van der Waals surface area (Å²) in [5.41, 5.74) is 7.75. The first kappa shape index (κ1) is 65.3. The van der Waals surface area contributed by atoms with Gasteiger partial charge in [0, 0.05) is 37.2 Å². The third-order valence-electron chi connectivity index (χ3n) is 10.3. The fraction of sp³-hybridized carbons (Fsp3) is 0.569. The molecule has 3 heterocycles. The minimum Gasteiger partial charge on any atom is -0.420 e. The molecule has 3 amide bonds. The molecule has 0 unspecified atom stereocenters. The van der Waals surface area contributed by atoms with Crippen LogP contribution in [0.1, 0.15) is 61.4 Å². The molecule has 0 radical (unpaired) electrons. The normalized spacial score (nSPS) is 12.1. The van der Waals surface area contributed by atoms with Gasteiger partial charge in [0.15, 0.2) is 11.6 Å². The number of ether oxygens (including phenoxy) is 11. The average molecular weight is 1130 g/mol. The van der Waals surface area contributed by atoms with Gasteiger partial charge in [-0.25, -0.2) is 28.8 Å². The summed E-state index contributed by atoms with van der Waals surface area (Å²) in [6.45, 7) is 10.8. The molecule has 0 saturated carbocycles. The van der Waals surface area contributed by atoms with Gasteiger partial charge < -0.3 is 68.5 Å². The molecule has 24 nitrogen and oxygen atoms in total. The van der Waals surface area contributed by atoms with Gasteiger partial charge in [-0.3, -0.25) is 29.0 Å². The number of benzene rings is 1. The number of nitrogens with zero attached hydrogens (tertiary/aromatic N) is 5. The molecule has 28 heteroatoms. The number of fused-ring (bicyclic) bond motifs is 1. The van der Waals surface area contributed by atoms with Gasteiger partial charge in [-0.15, -0.1) is 0 Å². The quantitative estimate of drug-likeness (QED) is 0.0181. The van der Waals surface area contributed by atoms with Crippen molar-refractivity contribution >= 4 is 47.0 Å². The molecule has 2 aromatic heterocycles. The topological polar surface area (TPSA) is 283 Å². The first-order chi connectivity index (χ1) is 38.4. The highest BCUT2D eigenvalue weighted by molar-refractivity contribution is 6.07. The number of amidine groups is 1. The van der Waals surface area contributed by atoms with Crippen molar-refractivity contribution in [3.63, 3.8) is 0 Å². The summed E-state index contributed by atoms with van der Waals surface area (Å²) in [6, 6.07) is 1.54. The van der Waals surface area contributed by atoms with E-state index in [-0.39, 0.29) is 81.7 Å². The molecule has 0 bridgehead atoms. The van der Waals surface area contributed by atoms with E-state index < -0.39 is 47.3 Å². The predicted molar refractivity (Wildman–Crippen MR) is 273 cm³/mol. The van der Waals surface area contributed by atoms with Crippen LogP contribution in [0.3, 0.4) is 0 Å². The van der Waals surface area contributed by atoms with Crippen LogP contribution in [-0.2, 0) is 73.1 Å². The summed E-state index contributed by atoms with van der Waals surface area (Å²) in [6.07, 6.45) is 6.33. The number of amides is 3. The number of nitrogens with one attached hydrogen (secondary N) is 2. The maximum Gasteiger partial charge on any atom is 0.313 e. The Balaban J connectivity index is 0.858. The number of pyridine rings is 1. The molecule has 4 N–H and O–H groups in total. The van der Waals surface area contributed by atoms with Crippen LogP contribution in [-0.4, -0.2) is 195 Å². The summed E-state index contributed by atoms with van der Waals surface area (Å²) < 4.78 is 112. The van der Waals surface area contributed by atoms with Crippen LogP contribution in [0.15, 0.2) is 41.3 Å². The number of aromatic nitrogens is 3. The fourth-order valence-electron chi connectivity index (χ4n) is 6.46. The zero-order valence-corrected chi connectivity index (χ0v) is 44.4. The molecule has 1 aliphatic rings. The van der Waals surface area contributed by atoms with Crippen molar-refractivity contribution in [3.05, 3.63) is 76.6 Å². The molecule has 0 spiro atoms. The summed E-state index contributed by atoms with van der Waals surface area (Å²) in [5, 5.41) is 6.75. The van der Waals surface area contributed by atoms with E-state index in [0.717, 1.165) is 0 Å². The number of aliphatic imine (C=N–C) groups is 1. The van der Waals surface area contributed by atoms with Gasteiger partial charge in [0.1, 0.15) is 11.7 Å². The van der Waals surface area contributed by atoms with E-state index in [0.29, 0.717) is 147 Å². The molecule has 1 aromatic carbocycles. The summed E-state index contributed by atoms with van der Waals surface area (Å²) in [7, 11) is 0. The molecule has 0 atom stereocenters. The zero-order valence-electron chi connectivity index (χ0n) is 44.4. The average Bonchev–Trinajstić information content (AvgIpc) is 3.65. The Bertz CT molecular complexity index is 2340. The Morgan fingerprint density at radius 3 is 1.56 bits per heavy atom. The highest BCUT2D eigenvalue weighted by Crippen LogP contribution is 2.28. The van der Waals surface area contributed by atoms with E-state index in [1.54, 1.807) is 13.0 Å². The van der Waals surface area contributed by atoms with Crippen molar-refractivity contribution < 1.29 is 93.7 Å². The first-order valence-corrected chi connectivity index (χ1v) is 25.6. The second-order valence-electron chi connectivity index (χ2n) is 16.4. The second kappa shape index (κ2) is 39.2. The third kappa shape index (κ3) is 26.6. The highest BCUT2D eigenvalue weighted by Gasteiger charge is 2.25. The van der Waals surface area contributed by atoms with Crippen LogP contribution in [0.5, 0.6) is 5.75 Å². The van der Waals surface area contributed by atoms with Gasteiger partial charge >= 0.3 is 5.97 Å². The molecular formula is C51H70F4N8O16. The highest BCUT2D eigenvalue weighted by atomic mass is 19.2. The standard InChI is InChI=1S/C51H70F4N8O16/c1-3-7-63(78-4-2)51(67)36-28-41-42(62-43(56)30-36)29-37(32-57-41)50(66)61-38-33-58-44(59-34-38)35-60-45(64)5-8-68-10-12-70-14-16-72-18-20-74-22-24-76-26-27-77-25-23-75-21-19-73-17-15-71-13-11-69-9-6-46(65)79-49-47(54)39(52)31-40(53)48(49)55/h28-29,31-34H,3-27,30,35H2,1-2H3,(H2,56,62)(H,60,64)(H,61,66). The minimum absolute atomic E-state index is 0.0111. The predicted octanol–water partition coefficient (Wildman–Crippen LogP) is 3.81. The number of carbonyl (C=O) groups is 4. The number of hydrogen-bond acceptors (Lipinski definition) is 21. The van der Waals surface area contributed by atoms with E-state index >= 15 is 0 Å². The van der Waals surface area contributed by atoms with Crippen molar-refractivity contribution in [2.45, 2.75) is 46.1 Å². The van der Waals surface area contributed by atoms with Gasteiger partial charge in [-0.05, 0) is 25.5 Å². The molecule has 4 rings (SSSR count). The van der Waals surface area contributed by atoms with Crippen molar-refractivity contribution in [2.75, 3.05) is 151 Å². The van der Waals surface area contributed by atoms with E-state index in [1.807, 2.05) is 6.92 Å². The van der Waals surface area contributed by atoms with Crippen LogP contribution in [0.4, 0.5) is 28.9 Å². The molecule has 3 aromatic rings. The SMILES string of the molecule is CCCN(OCC)C(=O)C1=Cc2ncc(C(=O)Nc3cnc(CNC(=O)CCOCCOCCOCCOCCOCCOCCOCCOCCOCCOCCC(=O)Oc4c(F)c(F)cc(F)c4F)nc3)cc2N=C(N)C1. The van der Waals surface area contributed by atoms with Crippen LogP contribution >= 0.6 is 0 Å². The van der Waals surface area contributed by atoms with E-state index in [1.165, 1.54) is 29.7 Å². The maximum atomic E-state index is 13.6. The number of halogens is 4. The molecule has 0 aliphatic carbocycles. The number of rotatable bonds is 43. The largest absolute Gasteiger partial charge is 0.420 e. The number of esters is 1. The molecule has 0 fully saturated rings. The zero-order chi connectivity index (χ0) is 56.9. The number of hydrogen-bond donors (Lipinski definition) is 3. The van der Waals surface area contributed by atoms with E-state index in [4.69, 9.17) is 57.9 Å². The summed E-state index contributed by atoms with van der Waals surface area (Å²) in [4.78, 5) is 72.9. The number of anilines is 1. The fourth-order valence-corrected chi connectivity index (χ4v) is 6.46. The summed E-state index contributed by atoms with van der Waals surface area (Å²) >= 11 is 0. The molecule has 0 saturated heterocycles. The number of hydroxylamine groups is 2. The Morgan fingerprint density at radius 2 is 1.09 bits per heavy atom. The van der Waals surface area contributed by atoms with Gasteiger partial charge in [0.05, 0.1) is 187 Å². The minimum atomic E-state index is -1.81. The lowest BCUT2D eigenvalue weighted by atomic mass is 10.1. The lowest BCUT2D eigenvalue weighted by Gasteiger charge is -2.21. The van der Waals surface area contributed by atoms with E-state index in [2.05, 4.69) is 35.3 Å². The van der Waals surface area contributed by atoms with E-state index in [9.17, 15) is 36.7 Å². The maximum absolute atomic E-state index is 13.6. The Hall–Kier alpha value is -6.18. The van der Waals surface area contributed by atoms with Crippen molar-refractivity contribution in [3.8, 4) is 5.75 Å². The number of nitrogens with two attached hydrogens (primary N) is 1. The molecule has 438 valence electrons. The Kier molecular flexibility index (Phi) is 32.4. The molecule has 79 heavy (non-hydrogen) atoms. The van der Waals surface area contributed by atoms with Crippen LogP contribution in [0.2, 0.25) is 0 Å². The van der Waals surface area contributed by atoms with Crippen molar-refractivity contribution in [1.29, 1.82) is 0 Å². The second-order valence-corrected chi connectivity index (χ2v) is 16.4. The smallest absolute Gasteiger partial charge is 0.313 e. The van der Waals surface area contributed by atoms with Crippen LogP contribution < -0.4 is 21.1 Å². The van der Waals surface area contributed by atoms with Gasteiger partial charge in [-0.1, -0.05) is 6.92 Å². The Labute approximate surface area is 454 Å². The van der Waals surface area contributed by atoms with Crippen LogP contribution in [0.25, 0.3) is 6.08 Å². The third-order valence-corrected chi connectivity index (χ3v) is 10.3. The summed E-state index contributed by atoms with van der Waals surface area (Å²) in [5.74, 6) is -10.1. The number of carbonyl (C=O) groups excluding carboxylic acids is 4. The van der Waals surface area contributed by atoms with Crippen molar-refractivity contribution in [2.24, 2.45) is 10.7 Å². The van der Waals surface area contributed by atoms with Gasteiger partial charge in [0.25, 0.3) is 11.8 Å². The molecule has 1 aliphatic heterocycles.